The molecule has 2 heterocycles. The molecule has 1 aliphatic heterocycles. The zero-order valence-corrected chi connectivity index (χ0v) is 11.7. The molecule has 19 heavy (non-hydrogen) atoms. The maximum absolute atomic E-state index is 8.99. The number of hydrogen-bond donors (Lipinski definition) is 1. The molecular formula is C14H21N5. The van der Waals surface area contributed by atoms with Crippen molar-refractivity contribution in [2.24, 2.45) is 5.92 Å². The maximum Gasteiger partial charge on any atom is 0.226 e. The van der Waals surface area contributed by atoms with Crippen molar-refractivity contribution in [2.75, 3.05) is 31.1 Å². The molecule has 0 amide bonds. The molecule has 5 nitrogen and oxygen atoms in total. The lowest BCUT2D eigenvalue weighted by Crippen LogP contribution is -2.39. The summed E-state index contributed by atoms with van der Waals surface area (Å²) in [4.78, 5) is 11.0. The molecule has 1 unspecified atom stereocenters. The molecule has 1 N–H and O–H groups in total. The monoisotopic (exact) mass is 259 g/mol. The summed E-state index contributed by atoms with van der Waals surface area (Å²) < 4.78 is 0. The Morgan fingerprint density at radius 3 is 3.00 bits per heavy atom. The molecule has 0 saturated carbocycles. The van der Waals surface area contributed by atoms with E-state index in [1.807, 2.05) is 6.92 Å². The third-order valence-electron chi connectivity index (χ3n) is 3.50. The fraction of sp³-hybridized carbons (Fsp3) is 0.643. The van der Waals surface area contributed by atoms with Gasteiger partial charge in [-0.2, -0.15) is 5.26 Å². The number of nitriles is 1. The molecule has 0 spiro atoms. The van der Waals surface area contributed by atoms with Gasteiger partial charge in [0.25, 0.3) is 0 Å². The van der Waals surface area contributed by atoms with E-state index < -0.39 is 0 Å². The van der Waals surface area contributed by atoms with Crippen LogP contribution in [0.2, 0.25) is 0 Å². The average molecular weight is 259 g/mol. The Balaban J connectivity index is 2.12. The second-order valence-electron chi connectivity index (χ2n) is 5.06. The summed E-state index contributed by atoms with van der Waals surface area (Å²) in [6.07, 6.45) is 2.49. The van der Waals surface area contributed by atoms with Gasteiger partial charge in [0.05, 0.1) is 0 Å². The lowest BCUT2D eigenvalue weighted by molar-refractivity contribution is 0.376. The third kappa shape index (κ3) is 3.65. The van der Waals surface area contributed by atoms with Gasteiger partial charge in [-0.25, -0.2) is 9.97 Å². The lowest BCUT2D eigenvalue weighted by atomic mass is 9.99. The van der Waals surface area contributed by atoms with Crippen LogP contribution < -0.4 is 10.2 Å². The summed E-state index contributed by atoms with van der Waals surface area (Å²) in [7, 11) is 0. The van der Waals surface area contributed by atoms with E-state index in [1.54, 1.807) is 6.07 Å². The van der Waals surface area contributed by atoms with Crippen LogP contribution in [0.4, 0.5) is 5.95 Å². The first-order chi connectivity index (χ1) is 9.22. The van der Waals surface area contributed by atoms with E-state index in [0.29, 0.717) is 17.6 Å². The van der Waals surface area contributed by atoms with Gasteiger partial charge in [-0.3, -0.25) is 0 Å². The summed E-state index contributed by atoms with van der Waals surface area (Å²) in [6.45, 7) is 8.02. The van der Waals surface area contributed by atoms with Crippen molar-refractivity contribution < 1.29 is 0 Å². The van der Waals surface area contributed by atoms with E-state index in [-0.39, 0.29) is 0 Å². The normalized spacial score (nSPS) is 18.9. The Labute approximate surface area is 114 Å². The Kier molecular flexibility index (Phi) is 4.69. The molecule has 0 bridgehead atoms. The zero-order chi connectivity index (χ0) is 13.7. The first kappa shape index (κ1) is 13.8. The fourth-order valence-corrected chi connectivity index (χ4v) is 2.50. The van der Waals surface area contributed by atoms with Crippen LogP contribution in [0.5, 0.6) is 0 Å². The summed E-state index contributed by atoms with van der Waals surface area (Å²) in [5, 5.41) is 12.4. The number of rotatable bonds is 4. The molecule has 1 aromatic heterocycles. The molecule has 0 radical (unpaired) electrons. The van der Waals surface area contributed by atoms with Gasteiger partial charge in [0, 0.05) is 18.8 Å². The fourth-order valence-electron chi connectivity index (χ4n) is 2.50. The average Bonchev–Trinajstić information content (AvgIpc) is 2.45. The number of hydrogen-bond acceptors (Lipinski definition) is 5. The van der Waals surface area contributed by atoms with Crippen LogP contribution in [0.15, 0.2) is 6.07 Å². The van der Waals surface area contributed by atoms with E-state index in [2.05, 4.69) is 33.2 Å². The number of aryl methyl sites for hydroxylation is 1. The highest BCUT2D eigenvalue weighted by molar-refractivity contribution is 5.35. The van der Waals surface area contributed by atoms with E-state index in [9.17, 15) is 0 Å². The first-order valence-electron chi connectivity index (χ1n) is 6.94. The smallest absolute Gasteiger partial charge is 0.226 e. The second-order valence-corrected chi connectivity index (χ2v) is 5.06. The molecule has 1 aliphatic rings. The van der Waals surface area contributed by atoms with Crippen LogP contribution >= 0.6 is 0 Å². The molecule has 1 saturated heterocycles. The molecule has 0 aromatic carbocycles. The van der Waals surface area contributed by atoms with Crippen molar-refractivity contribution >= 4 is 5.95 Å². The maximum atomic E-state index is 8.99. The highest BCUT2D eigenvalue weighted by atomic mass is 15.2. The molecule has 1 fully saturated rings. The van der Waals surface area contributed by atoms with Gasteiger partial charge < -0.3 is 10.2 Å². The summed E-state index contributed by atoms with van der Waals surface area (Å²) >= 11 is 0. The number of nitrogens with zero attached hydrogens (tertiary/aromatic N) is 4. The third-order valence-corrected chi connectivity index (χ3v) is 3.50. The van der Waals surface area contributed by atoms with Crippen molar-refractivity contribution in [2.45, 2.75) is 26.7 Å². The van der Waals surface area contributed by atoms with Gasteiger partial charge in [0.1, 0.15) is 11.8 Å². The van der Waals surface area contributed by atoms with Gasteiger partial charge >= 0.3 is 0 Å². The van der Waals surface area contributed by atoms with Crippen molar-refractivity contribution in [3.8, 4) is 6.07 Å². The van der Waals surface area contributed by atoms with Crippen LogP contribution in [-0.4, -0.2) is 36.1 Å². The number of anilines is 1. The van der Waals surface area contributed by atoms with Gasteiger partial charge in [0.2, 0.25) is 5.95 Å². The minimum absolute atomic E-state index is 0.447. The van der Waals surface area contributed by atoms with Crippen molar-refractivity contribution in [1.82, 2.24) is 15.3 Å². The number of aromatic nitrogens is 2. The predicted molar refractivity (Wildman–Crippen MR) is 75.0 cm³/mol. The van der Waals surface area contributed by atoms with E-state index in [1.165, 1.54) is 12.8 Å². The van der Waals surface area contributed by atoms with Crippen molar-refractivity contribution in [1.29, 1.82) is 5.26 Å². The van der Waals surface area contributed by atoms with Crippen LogP contribution in [0.1, 0.15) is 31.2 Å². The molecule has 102 valence electrons. The first-order valence-corrected chi connectivity index (χ1v) is 6.94. The minimum Gasteiger partial charge on any atom is -0.341 e. The van der Waals surface area contributed by atoms with Crippen molar-refractivity contribution in [3.05, 3.63) is 17.5 Å². The molecule has 2 rings (SSSR count). The van der Waals surface area contributed by atoms with Gasteiger partial charge in [-0.15, -0.1) is 0 Å². The second kappa shape index (κ2) is 6.48. The molecular weight excluding hydrogens is 238 g/mol. The highest BCUT2D eigenvalue weighted by Gasteiger charge is 2.18. The summed E-state index contributed by atoms with van der Waals surface area (Å²) in [5.74, 6) is 1.33. The Morgan fingerprint density at radius 2 is 2.37 bits per heavy atom. The summed E-state index contributed by atoms with van der Waals surface area (Å²) in [6, 6.07) is 3.82. The topological polar surface area (TPSA) is 64.8 Å². The largest absolute Gasteiger partial charge is 0.341 e. The molecule has 5 heteroatoms. The van der Waals surface area contributed by atoms with E-state index in [4.69, 9.17) is 5.26 Å². The Morgan fingerprint density at radius 1 is 1.53 bits per heavy atom. The summed E-state index contributed by atoms with van der Waals surface area (Å²) in [5.41, 5.74) is 1.30. The van der Waals surface area contributed by atoms with E-state index in [0.717, 1.165) is 31.9 Å². The molecule has 1 atom stereocenters. The number of piperidine rings is 1. The Bertz CT molecular complexity index is 459. The van der Waals surface area contributed by atoms with Crippen LogP contribution in [0.25, 0.3) is 0 Å². The predicted octanol–water partition coefficient (Wildman–Crippen LogP) is 1.48. The van der Waals surface area contributed by atoms with Crippen LogP contribution in [0, 0.1) is 24.2 Å². The molecule has 1 aromatic rings. The van der Waals surface area contributed by atoms with E-state index >= 15 is 0 Å². The molecule has 0 aliphatic carbocycles. The van der Waals surface area contributed by atoms with Crippen LogP contribution in [-0.2, 0) is 0 Å². The minimum atomic E-state index is 0.447. The van der Waals surface area contributed by atoms with Gasteiger partial charge in [0.15, 0.2) is 0 Å². The standard InChI is InChI=1S/C14H21N5/c1-3-19(10-12-5-4-6-16-9-12)14-17-11(2)7-13(8-15)18-14/h7,12,16H,3-6,9-10H2,1-2H3. The zero-order valence-electron chi connectivity index (χ0n) is 11.7. The quantitative estimate of drug-likeness (QED) is 0.887. The lowest BCUT2D eigenvalue weighted by Gasteiger charge is -2.29. The van der Waals surface area contributed by atoms with Crippen LogP contribution in [0.3, 0.4) is 0 Å². The Hall–Kier alpha value is -1.67. The SMILES string of the molecule is CCN(CC1CCCNC1)c1nc(C)cc(C#N)n1. The van der Waals surface area contributed by atoms with Crippen molar-refractivity contribution in [3.63, 3.8) is 0 Å². The van der Waals surface area contributed by atoms with Gasteiger partial charge in [-0.05, 0) is 51.8 Å². The number of nitrogens with one attached hydrogen (secondary N) is 1. The highest BCUT2D eigenvalue weighted by Crippen LogP contribution is 2.16. The van der Waals surface area contributed by atoms with Gasteiger partial charge in [-0.1, -0.05) is 0 Å².